The van der Waals surface area contributed by atoms with Gasteiger partial charge in [0.1, 0.15) is 5.54 Å². The summed E-state index contributed by atoms with van der Waals surface area (Å²) >= 11 is 1.50. The summed E-state index contributed by atoms with van der Waals surface area (Å²) in [6, 6.07) is 0.327. The number of amides is 2. The summed E-state index contributed by atoms with van der Waals surface area (Å²) in [6.07, 6.45) is 5.68. The van der Waals surface area contributed by atoms with Gasteiger partial charge >= 0.3 is 0 Å². The van der Waals surface area contributed by atoms with Gasteiger partial charge in [-0.3, -0.25) is 9.59 Å². The average molecular weight is 350 g/mol. The third-order valence-corrected chi connectivity index (χ3v) is 5.37. The van der Waals surface area contributed by atoms with Gasteiger partial charge in [0, 0.05) is 37.1 Å². The fourth-order valence-corrected chi connectivity index (χ4v) is 3.69. The molecule has 7 heteroatoms. The molecule has 1 saturated heterocycles. The van der Waals surface area contributed by atoms with Crippen LogP contribution in [0.4, 0.5) is 5.13 Å². The minimum atomic E-state index is -0.658. The quantitative estimate of drug-likeness (QED) is 0.825. The van der Waals surface area contributed by atoms with E-state index in [1.54, 1.807) is 6.20 Å². The van der Waals surface area contributed by atoms with E-state index in [4.69, 9.17) is 0 Å². The summed E-state index contributed by atoms with van der Waals surface area (Å²) in [7, 11) is 0. The molecule has 1 aromatic heterocycles. The van der Waals surface area contributed by atoms with Gasteiger partial charge in [-0.05, 0) is 31.6 Å². The van der Waals surface area contributed by atoms with Crippen LogP contribution < -0.4 is 10.6 Å². The van der Waals surface area contributed by atoms with Crippen molar-refractivity contribution in [3.8, 4) is 0 Å². The highest BCUT2D eigenvalue weighted by atomic mass is 32.1. The molecule has 0 aromatic carbocycles. The minimum Gasteiger partial charge on any atom is -0.351 e. The molecule has 1 aliphatic heterocycles. The van der Waals surface area contributed by atoms with Crippen LogP contribution in [0.3, 0.4) is 0 Å². The highest BCUT2D eigenvalue weighted by molar-refractivity contribution is 7.13. The summed E-state index contributed by atoms with van der Waals surface area (Å²) in [5.41, 5.74) is -0.658. The van der Waals surface area contributed by atoms with Crippen molar-refractivity contribution in [2.24, 2.45) is 5.92 Å². The van der Waals surface area contributed by atoms with Crippen LogP contribution in [0.2, 0.25) is 0 Å². The van der Waals surface area contributed by atoms with Crippen molar-refractivity contribution in [2.45, 2.75) is 57.5 Å². The van der Waals surface area contributed by atoms with Crippen LogP contribution in [-0.2, 0) is 9.59 Å². The predicted molar refractivity (Wildman–Crippen MR) is 94.9 cm³/mol. The van der Waals surface area contributed by atoms with E-state index in [9.17, 15) is 9.59 Å². The molecule has 24 heavy (non-hydrogen) atoms. The molecule has 2 fully saturated rings. The zero-order valence-electron chi connectivity index (χ0n) is 14.4. The second-order valence-electron chi connectivity index (χ2n) is 7.27. The maximum Gasteiger partial charge on any atom is 0.246 e. The number of anilines is 1. The molecular formula is C17H26N4O2S. The van der Waals surface area contributed by atoms with Crippen molar-refractivity contribution < 1.29 is 9.59 Å². The van der Waals surface area contributed by atoms with Crippen LogP contribution >= 0.6 is 11.3 Å². The number of carbonyl (C=O) groups is 2. The summed E-state index contributed by atoms with van der Waals surface area (Å²) in [4.78, 5) is 31.3. The van der Waals surface area contributed by atoms with E-state index in [1.807, 2.05) is 10.3 Å². The lowest BCUT2D eigenvalue weighted by Gasteiger charge is -2.41. The Morgan fingerprint density at radius 3 is 2.62 bits per heavy atom. The van der Waals surface area contributed by atoms with Crippen LogP contribution in [0.15, 0.2) is 11.6 Å². The molecule has 1 aliphatic carbocycles. The number of aromatic nitrogens is 1. The number of nitrogens with one attached hydrogen (secondary N) is 2. The van der Waals surface area contributed by atoms with Gasteiger partial charge in [-0.15, -0.1) is 11.3 Å². The van der Waals surface area contributed by atoms with Gasteiger partial charge in [-0.2, -0.15) is 0 Å². The monoisotopic (exact) mass is 350 g/mol. The van der Waals surface area contributed by atoms with Crippen molar-refractivity contribution in [2.75, 3.05) is 18.4 Å². The summed E-state index contributed by atoms with van der Waals surface area (Å²) in [5, 5.41) is 9.16. The topological polar surface area (TPSA) is 74.3 Å². The Hall–Kier alpha value is -1.63. The van der Waals surface area contributed by atoms with Crippen molar-refractivity contribution in [1.82, 2.24) is 15.2 Å². The Morgan fingerprint density at radius 1 is 1.38 bits per heavy atom. The zero-order valence-corrected chi connectivity index (χ0v) is 15.2. The van der Waals surface area contributed by atoms with Gasteiger partial charge in [0.05, 0.1) is 0 Å². The molecule has 2 amide bonds. The van der Waals surface area contributed by atoms with Crippen LogP contribution in [-0.4, -0.2) is 46.4 Å². The van der Waals surface area contributed by atoms with E-state index in [-0.39, 0.29) is 11.8 Å². The Labute approximate surface area is 147 Å². The van der Waals surface area contributed by atoms with E-state index in [0.717, 1.165) is 18.0 Å². The zero-order chi connectivity index (χ0) is 17.2. The fourth-order valence-electron chi connectivity index (χ4n) is 3.07. The Morgan fingerprint density at radius 2 is 2.08 bits per heavy atom. The highest BCUT2D eigenvalue weighted by Gasteiger charge is 2.44. The van der Waals surface area contributed by atoms with Gasteiger partial charge in [-0.25, -0.2) is 4.98 Å². The highest BCUT2D eigenvalue weighted by Crippen LogP contribution is 2.30. The Bertz CT molecular complexity index is 575. The van der Waals surface area contributed by atoms with Crippen molar-refractivity contribution >= 4 is 28.3 Å². The number of nitrogens with zero attached hydrogens (tertiary/aromatic N) is 2. The second-order valence-corrected chi connectivity index (χ2v) is 8.17. The maximum atomic E-state index is 12.9. The average Bonchev–Trinajstić information content (AvgIpc) is 3.21. The summed E-state index contributed by atoms with van der Waals surface area (Å²) in [5.74, 6) is 0.599. The number of carbonyl (C=O) groups excluding carboxylic acids is 2. The third-order valence-electron chi connectivity index (χ3n) is 4.68. The lowest BCUT2D eigenvalue weighted by atomic mass is 9.86. The SMILES string of the molecule is CC(C)CC(=O)N1CCC(Nc2nccs2)(C(=O)NC2CC2)CC1. The van der Waals surface area contributed by atoms with Crippen LogP contribution in [0.25, 0.3) is 0 Å². The molecule has 6 nitrogen and oxygen atoms in total. The minimum absolute atomic E-state index is 0.0520. The van der Waals surface area contributed by atoms with Crippen LogP contribution in [0, 0.1) is 5.92 Å². The molecule has 3 rings (SSSR count). The molecule has 0 unspecified atom stereocenters. The van der Waals surface area contributed by atoms with E-state index in [1.165, 1.54) is 11.3 Å². The summed E-state index contributed by atoms with van der Waals surface area (Å²) < 4.78 is 0. The molecule has 2 heterocycles. The number of thiazole rings is 1. The first-order chi connectivity index (χ1) is 11.5. The first kappa shape index (κ1) is 17.2. The molecule has 0 radical (unpaired) electrons. The Kier molecular flexibility index (Phi) is 5.08. The van der Waals surface area contributed by atoms with Crippen LogP contribution in [0.1, 0.15) is 46.0 Å². The molecule has 0 bridgehead atoms. The van der Waals surface area contributed by atoms with Gasteiger partial charge < -0.3 is 15.5 Å². The number of rotatable bonds is 6. The molecule has 132 valence electrons. The van der Waals surface area contributed by atoms with Crippen molar-refractivity contribution in [1.29, 1.82) is 0 Å². The van der Waals surface area contributed by atoms with E-state index in [2.05, 4.69) is 29.5 Å². The lowest BCUT2D eigenvalue weighted by molar-refractivity contribution is -0.136. The van der Waals surface area contributed by atoms with Gasteiger partial charge in [0.15, 0.2) is 5.13 Å². The number of hydrogen-bond donors (Lipinski definition) is 2. The smallest absolute Gasteiger partial charge is 0.246 e. The number of hydrogen-bond acceptors (Lipinski definition) is 5. The Balaban J connectivity index is 1.67. The predicted octanol–water partition coefficient (Wildman–Crippen LogP) is 2.24. The molecule has 0 atom stereocenters. The molecular weight excluding hydrogens is 324 g/mol. The van der Waals surface area contributed by atoms with Crippen LogP contribution in [0.5, 0.6) is 0 Å². The lowest BCUT2D eigenvalue weighted by Crippen LogP contribution is -2.59. The van der Waals surface area contributed by atoms with Crippen molar-refractivity contribution in [3.05, 3.63) is 11.6 Å². The first-order valence-electron chi connectivity index (χ1n) is 8.75. The maximum absolute atomic E-state index is 12.9. The van der Waals surface area contributed by atoms with E-state index in [0.29, 0.717) is 44.3 Å². The normalized spacial score (nSPS) is 20.0. The van der Waals surface area contributed by atoms with E-state index >= 15 is 0 Å². The van der Waals surface area contributed by atoms with Gasteiger partial charge in [0.2, 0.25) is 11.8 Å². The molecule has 2 N–H and O–H groups in total. The fraction of sp³-hybridized carbons (Fsp3) is 0.706. The summed E-state index contributed by atoms with van der Waals surface area (Å²) in [6.45, 7) is 5.34. The number of piperidine rings is 1. The van der Waals surface area contributed by atoms with Gasteiger partial charge in [-0.1, -0.05) is 13.8 Å². The first-order valence-corrected chi connectivity index (χ1v) is 9.63. The second kappa shape index (κ2) is 7.09. The standard InChI is InChI=1S/C17H26N4O2S/c1-12(2)11-14(22)21-8-5-17(6-9-21,15(23)19-13-3-4-13)20-16-18-7-10-24-16/h7,10,12-13H,3-6,8-9,11H2,1-2H3,(H,18,20)(H,19,23). The van der Waals surface area contributed by atoms with Crippen molar-refractivity contribution in [3.63, 3.8) is 0 Å². The largest absolute Gasteiger partial charge is 0.351 e. The molecule has 0 spiro atoms. The molecule has 1 aromatic rings. The van der Waals surface area contributed by atoms with Gasteiger partial charge in [0.25, 0.3) is 0 Å². The van der Waals surface area contributed by atoms with E-state index < -0.39 is 5.54 Å². The number of likely N-dealkylation sites (tertiary alicyclic amines) is 1. The third kappa shape index (κ3) is 4.06. The molecule has 1 saturated carbocycles. The molecule has 2 aliphatic rings.